The summed E-state index contributed by atoms with van der Waals surface area (Å²) >= 11 is 0. The van der Waals surface area contributed by atoms with Crippen molar-refractivity contribution in [1.29, 1.82) is 0 Å². The average molecular weight is 193 g/mol. The fourth-order valence-electron chi connectivity index (χ4n) is 1.48. The van der Waals surface area contributed by atoms with Crippen LogP contribution in [0.4, 0.5) is 0 Å². The Balaban J connectivity index is 2.50. The van der Waals surface area contributed by atoms with Crippen LogP contribution in [0.25, 0.3) is 11.3 Å². The Labute approximate surface area is 89.8 Å². The quantitative estimate of drug-likeness (QED) is 0.634. The Morgan fingerprint density at radius 1 is 1.20 bits per heavy atom. The zero-order valence-corrected chi connectivity index (χ0v) is 8.57. The predicted molar refractivity (Wildman–Crippen MR) is 62.3 cm³/mol. The molecule has 0 aliphatic carbocycles. The van der Waals surface area contributed by atoms with E-state index in [0.717, 1.165) is 16.8 Å². The standard InChI is InChI=1S/C14H11N/c1-3-12-7-8-15-14(10-12)13-6-4-5-11(2)9-13/h1,4-10H,2H3. The lowest BCUT2D eigenvalue weighted by Gasteiger charge is -2.02. The minimum absolute atomic E-state index is 0.863. The van der Waals surface area contributed by atoms with Crippen LogP contribution in [0.1, 0.15) is 11.1 Å². The molecule has 0 fully saturated rings. The molecule has 0 radical (unpaired) electrons. The molecule has 0 aliphatic rings. The maximum atomic E-state index is 5.35. The Hall–Kier alpha value is -2.07. The van der Waals surface area contributed by atoms with Crippen LogP contribution in [-0.4, -0.2) is 4.98 Å². The molecule has 0 spiro atoms. The lowest BCUT2D eigenvalue weighted by atomic mass is 10.1. The summed E-state index contributed by atoms with van der Waals surface area (Å²) < 4.78 is 0. The summed E-state index contributed by atoms with van der Waals surface area (Å²) in [6.07, 6.45) is 7.09. The first-order valence-electron chi connectivity index (χ1n) is 4.79. The first-order valence-corrected chi connectivity index (χ1v) is 4.79. The van der Waals surface area contributed by atoms with Crippen LogP contribution >= 0.6 is 0 Å². The van der Waals surface area contributed by atoms with Crippen molar-refractivity contribution in [3.8, 4) is 23.6 Å². The molecule has 1 aromatic heterocycles. The summed E-state index contributed by atoms with van der Waals surface area (Å²) in [6, 6.07) is 12.0. The second-order valence-electron chi connectivity index (χ2n) is 3.44. The van der Waals surface area contributed by atoms with Crippen LogP contribution in [0.3, 0.4) is 0 Å². The Morgan fingerprint density at radius 3 is 2.80 bits per heavy atom. The van der Waals surface area contributed by atoms with Crippen molar-refractivity contribution in [2.45, 2.75) is 6.92 Å². The van der Waals surface area contributed by atoms with Gasteiger partial charge in [-0.15, -0.1) is 6.42 Å². The van der Waals surface area contributed by atoms with E-state index in [9.17, 15) is 0 Å². The Bertz CT molecular complexity index is 521. The molecule has 1 heterocycles. The molecule has 0 amide bonds. The number of hydrogen-bond donors (Lipinski definition) is 0. The number of aromatic nitrogens is 1. The molecule has 2 aromatic rings. The third-order valence-corrected chi connectivity index (χ3v) is 2.24. The fourth-order valence-corrected chi connectivity index (χ4v) is 1.48. The van der Waals surface area contributed by atoms with E-state index < -0.39 is 0 Å². The molecule has 0 saturated carbocycles. The van der Waals surface area contributed by atoms with Gasteiger partial charge in [0.05, 0.1) is 5.69 Å². The van der Waals surface area contributed by atoms with E-state index in [1.54, 1.807) is 6.20 Å². The van der Waals surface area contributed by atoms with E-state index in [-0.39, 0.29) is 0 Å². The van der Waals surface area contributed by atoms with E-state index in [1.807, 2.05) is 24.3 Å². The van der Waals surface area contributed by atoms with Crippen LogP contribution in [0.5, 0.6) is 0 Å². The SMILES string of the molecule is C#Cc1ccnc(-c2cccc(C)c2)c1. The van der Waals surface area contributed by atoms with Gasteiger partial charge in [-0.1, -0.05) is 29.7 Å². The molecule has 2 rings (SSSR count). The number of terminal acetylenes is 1. The average Bonchev–Trinajstić information content (AvgIpc) is 2.29. The van der Waals surface area contributed by atoms with Gasteiger partial charge in [0, 0.05) is 17.3 Å². The van der Waals surface area contributed by atoms with E-state index in [4.69, 9.17) is 6.42 Å². The van der Waals surface area contributed by atoms with Gasteiger partial charge in [0.2, 0.25) is 0 Å². The molecule has 0 unspecified atom stereocenters. The summed E-state index contributed by atoms with van der Waals surface area (Å²) in [7, 11) is 0. The van der Waals surface area contributed by atoms with E-state index in [0.29, 0.717) is 0 Å². The van der Waals surface area contributed by atoms with Crippen molar-refractivity contribution in [1.82, 2.24) is 4.98 Å². The molecule has 0 bridgehead atoms. The first kappa shape index (κ1) is 9.48. The maximum Gasteiger partial charge on any atom is 0.0714 e. The normalized spacial score (nSPS) is 9.60. The lowest BCUT2D eigenvalue weighted by molar-refractivity contribution is 1.31. The summed E-state index contributed by atoms with van der Waals surface area (Å²) in [6.45, 7) is 2.06. The maximum absolute atomic E-state index is 5.35. The summed E-state index contributed by atoms with van der Waals surface area (Å²) in [5, 5.41) is 0. The molecule has 0 saturated heterocycles. The third-order valence-electron chi connectivity index (χ3n) is 2.24. The second-order valence-corrected chi connectivity index (χ2v) is 3.44. The van der Waals surface area contributed by atoms with Crippen molar-refractivity contribution in [2.24, 2.45) is 0 Å². The van der Waals surface area contributed by atoms with Crippen LogP contribution in [-0.2, 0) is 0 Å². The molecular weight excluding hydrogens is 182 g/mol. The topological polar surface area (TPSA) is 12.9 Å². The van der Waals surface area contributed by atoms with Crippen LogP contribution < -0.4 is 0 Å². The van der Waals surface area contributed by atoms with Gasteiger partial charge in [-0.05, 0) is 25.1 Å². The minimum Gasteiger partial charge on any atom is -0.256 e. The number of aryl methyl sites for hydroxylation is 1. The van der Waals surface area contributed by atoms with Gasteiger partial charge in [-0.25, -0.2) is 0 Å². The highest BCUT2D eigenvalue weighted by Gasteiger charge is 1.99. The molecule has 0 N–H and O–H groups in total. The number of benzene rings is 1. The van der Waals surface area contributed by atoms with Gasteiger partial charge in [-0.3, -0.25) is 4.98 Å². The van der Waals surface area contributed by atoms with Crippen molar-refractivity contribution < 1.29 is 0 Å². The van der Waals surface area contributed by atoms with Crippen LogP contribution in [0.15, 0.2) is 42.6 Å². The van der Waals surface area contributed by atoms with Crippen LogP contribution in [0.2, 0.25) is 0 Å². The molecule has 72 valence electrons. The monoisotopic (exact) mass is 193 g/mol. The lowest BCUT2D eigenvalue weighted by Crippen LogP contribution is -1.85. The van der Waals surface area contributed by atoms with E-state index in [1.165, 1.54) is 5.56 Å². The molecular formula is C14H11N. The summed E-state index contributed by atoms with van der Waals surface area (Å²) in [4.78, 5) is 4.30. The van der Waals surface area contributed by atoms with Gasteiger partial charge < -0.3 is 0 Å². The Morgan fingerprint density at radius 2 is 2.07 bits per heavy atom. The fraction of sp³-hybridized carbons (Fsp3) is 0.0714. The third kappa shape index (κ3) is 2.05. The number of hydrogen-bond acceptors (Lipinski definition) is 1. The van der Waals surface area contributed by atoms with Crippen molar-refractivity contribution in [3.05, 3.63) is 53.7 Å². The van der Waals surface area contributed by atoms with E-state index in [2.05, 4.69) is 30.0 Å². The molecule has 0 atom stereocenters. The predicted octanol–water partition coefficient (Wildman–Crippen LogP) is 3.04. The largest absolute Gasteiger partial charge is 0.256 e. The van der Waals surface area contributed by atoms with Crippen LogP contribution in [0, 0.1) is 19.3 Å². The van der Waals surface area contributed by atoms with Gasteiger partial charge in [0.1, 0.15) is 0 Å². The zero-order chi connectivity index (χ0) is 10.7. The highest BCUT2D eigenvalue weighted by atomic mass is 14.7. The molecule has 1 heteroatoms. The van der Waals surface area contributed by atoms with Crippen molar-refractivity contribution >= 4 is 0 Å². The first-order chi connectivity index (χ1) is 7.29. The minimum atomic E-state index is 0.863. The molecule has 1 nitrogen and oxygen atoms in total. The van der Waals surface area contributed by atoms with Crippen molar-refractivity contribution in [3.63, 3.8) is 0 Å². The molecule has 0 aliphatic heterocycles. The molecule has 1 aromatic carbocycles. The highest BCUT2D eigenvalue weighted by molar-refractivity contribution is 5.61. The van der Waals surface area contributed by atoms with Gasteiger partial charge >= 0.3 is 0 Å². The summed E-state index contributed by atoms with van der Waals surface area (Å²) in [5.74, 6) is 2.61. The van der Waals surface area contributed by atoms with Crippen molar-refractivity contribution in [2.75, 3.05) is 0 Å². The highest BCUT2D eigenvalue weighted by Crippen LogP contribution is 2.18. The number of nitrogens with zero attached hydrogens (tertiary/aromatic N) is 1. The second kappa shape index (κ2) is 3.98. The number of rotatable bonds is 1. The zero-order valence-electron chi connectivity index (χ0n) is 8.57. The number of pyridine rings is 1. The van der Waals surface area contributed by atoms with Gasteiger partial charge in [0.25, 0.3) is 0 Å². The van der Waals surface area contributed by atoms with E-state index >= 15 is 0 Å². The van der Waals surface area contributed by atoms with Gasteiger partial charge in [-0.2, -0.15) is 0 Å². The Kier molecular flexibility index (Phi) is 2.51. The van der Waals surface area contributed by atoms with Gasteiger partial charge in [0.15, 0.2) is 0 Å². The molecule has 15 heavy (non-hydrogen) atoms. The smallest absolute Gasteiger partial charge is 0.0714 e. The summed E-state index contributed by atoms with van der Waals surface area (Å²) in [5.41, 5.74) is 4.11.